The molecule has 1 atom stereocenters. The number of anilines is 1. The second-order valence-corrected chi connectivity index (χ2v) is 10.3. The average Bonchev–Trinajstić information content (AvgIpc) is 3.58. The third-order valence-corrected chi connectivity index (χ3v) is 7.93. The molecule has 12 heteroatoms. The fourth-order valence-electron chi connectivity index (χ4n) is 4.70. The second kappa shape index (κ2) is 12.4. The van der Waals surface area contributed by atoms with Gasteiger partial charge in [0.25, 0.3) is 11.8 Å². The predicted molar refractivity (Wildman–Crippen MR) is 149 cm³/mol. The van der Waals surface area contributed by atoms with Crippen LogP contribution in [-0.4, -0.2) is 47.3 Å². The lowest BCUT2D eigenvalue weighted by Crippen LogP contribution is -2.46. The number of ether oxygens (including phenoxy) is 2. The van der Waals surface area contributed by atoms with E-state index in [0.717, 1.165) is 37.2 Å². The molecule has 3 aromatic rings. The Labute approximate surface area is 235 Å². The van der Waals surface area contributed by atoms with Crippen LogP contribution in [0, 0.1) is 0 Å². The van der Waals surface area contributed by atoms with Crippen LogP contribution in [0.1, 0.15) is 63.0 Å². The lowest BCUT2D eigenvalue weighted by molar-refractivity contribution is -0.126. The van der Waals surface area contributed by atoms with E-state index in [9.17, 15) is 14.4 Å². The number of carbonyl (C=O) groups excluding carboxylic acids is 3. The largest absolute Gasteiger partial charge is 0.497 e. The van der Waals surface area contributed by atoms with E-state index in [-0.39, 0.29) is 28.8 Å². The molecule has 1 aliphatic carbocycles. The molecule has 0 unspecified atom stereocenters. The molecular formula is C27H30ClN5O5S. The van der Waals surface area contributed by atoms with E-state index in [1.165, 1.54) is 19.1 Å². The van der Waals surface area contributed by atoms with Crippen LogP contribution in [-0.2, 0) is 11.3 Å². The number of nitrogens with two attached hydrogens (primary N) is 2. The van der Waals surface area contributed by atoms with Gasteiger partial charge in [0.2, 0.25) is 5.91 Å². The van der Waals surface area contributed by atoms with Crippen molar-refractivity contribution in [2.24, 2.45) is 5.73 Å². The summed E-state index contributed by atoms with van der Waals surface area (Å²) in [4.78, 5) is 41.4. The number of benzene rings is 2. The number of halogens is 1. The predicted octanol–water partition coefficient (Wildman–Crippen LogP) is 3.94. The van der Waals surface area contributed by atoms with Crippen LogP contribution in [0.15, 0.2) is 42.5 Å². The van der Waals surface area contributed by atoms with Crippen LogP contribution in [0.5, 0.6) is 11.5 Å². The third-order valence-electron chi connectivity index (χ3n) is 6.71. The molecule has 0 radical (unpaired) electrons. The van der Waals surface area contributed by atoms with Gasteiger partial charge < -0.3 is 31.2 Å². The van der Waals surface area contributed by atoms with Crippen LogP contribution in [0.3, 0.4) is 0 Å². The second-order valence-electron chi connectivity index (χ2n) is 9.16. The molecule has 0 aliphatic heterocycles. The number of rotatable bonds is 10. The number of nitrogens with zero attached hydrogens (tertiary/aromatic N) is 2. The lowest BCUT2D eigenvalue weighted by atomic mass is 10.00. The van der Waals surface area contributed by atoms with E-state index in [4.69, 9.17) is 32.5 Å². The van der Waals surface area contributed by atoms with Crippen molar-refractivity contribution in [2.45, 2.75) is 44.3 Å². The number of aromatic nitrogens is 1. The first-order valence-corrected chi connectivity index (χ1v) is 13.5. The number of methoxy groups -OCH3 is 2. The Bertz CT molecular complexity index is 1370. The summed E-state index contributed by atoms with van der Waals surface area (Å²) in [5.74, 6) is -1.01. The van der Waals surface area contributed by atoms with Gasteiger partial charge in [-0.2, -0.15) is 4.37 Å². The summed E-state index contributed by atoms with van der Waals surface area (Å²) >= 11 is 7.23. The molecule has 2 aromatic carbocycles. The van der Waals surface area contributed by atoms with Crippen molar-refractivity contribution < 1.29 is 23.9 Å². The summed E-state index contributed by atoms with van der Waals surface area (Å²) in [6.07, 6.45) is 3.70. The van der Waals surface area contributed by atoms with Gasteiger partial charge in [0, 0.05) is 23.2 Å². The first-order chi connectivity index (χ1) is 18.7. The molecule has 1 aromatic heterocycles. The Morgan fingerprint density at radius 3 is 2.49 bits per heavy atom. The maximum atomic E-state index is 14.2. The zero-order valence-electron chi connectivity index (χ0n) is 21.6. The molecule has 0 bridgehead atoms. The Balaban J connectivity index is 1.89. The highest BCUT2D eigenvalue weighted by Crippen LogP contribution is 2.37. The first-order valence-electron chi connectivity index (χ1n) is 12.4. The van der Waals surface area contributed by atoms with Crippen molar-refractivity contribution >= 4 is 46.5 Å². The topological polar surface area (TPSA) is 150 Å². The highest BCUT2D eigenvalue weighted by Gasteiger charge is 2.38. The highest BCUT2D eigenvalue weighted by atomic mass is 35.5. The van der Waals surface area contributed by atoms with Gasteiger partial charge in [-0.1, -0.05) is 42.6 Å². The zero-order valence-corrected chi connectivity index (χ0v) is 23.2. The van der Waals surface area contributed by atoms with Crippen molar-refractivity contribution in [1.29, 1.82) is 0 Å². The van der Waals surface area contributed by atoms with E-state index >= 15 is 0 Å². The zero-order chi connectivity index (χ0) is 28.1. The lowest BCUT2D eigenvalue weighted by Gasteiger charge is -2.33. The highest BCUT2D eigenvalue weighted by molar-refractivity contribution is 7.09. The quantitative estimate of drug-likeness (QED) is 0.333. The molecule has 1 aliphatic rings. The smallest absolute Gasteiger partial charge is 0.270 e. The van der Waals surface area contributed by atoms with Crippen LogP contribution in [0.2, 0.25) is 5.02 Å². The molecule has 10 nitrogen and oxygen atoms in total. The van der Waals surface area contributed by atoms with Crippen LogP contribution >= 0.6 is 23.1 Å². The number of nitrogens with one attached hydrogen (secondary N) is 1. The summed E-state index contributed by atoms with van der Waals surface area (Å²) in [6, 6.07) is 10.9. The Morgan fingerprint density at radius 2 is 1.87 bits per heavy atom. The van der Waals surface area contributed by atoms with Gasteiger partial charge in [-0.05, 0) is 54.2 Å². The summed E-state index contributed by atoms with van der Waals surface area (Å²) in [6.45, 7) is -0.0507. The fourth-order valence-corrected chi connectivity index (χ4v) is 5.66. The number of hydrogen-bond donors (Lipinski definition) is 3. The monoisotopic (exact) mass is 571 g/mol. The maximum absolute atomic E-state index is 14.2. The molecule has 4 rings (SSSR count). The average molecular weight is 572 g/mol. The van der Waals surface area contributed by atoms with E-state index in [1.807, 2.05) is 0 Å². The Morgan fingerprint density at radius 1 is 1.15 bits per heavy atom. The van der Waals surface area contributed by atoms with Crippen LogP contribution in [0.25, 0.3) is 0 Å². The summed E-state index contributed by atoms with van der Waals surface area (Å²) in [5.41, 5.74) is 12.2. The molecule has 3 amide bonds. The minimum absolute atomic E-state index is 0.0172. The summed E-state index contributed by atoms with van der Waals surface area (Å²) in [5, 5.41) is 3.53. The molecule has 1 fully saturated rings. The van der Waals surface area contributed by atoms with Crippen LogP contribution in [0.4, 0.5) is 5.69 Å². The van der Waals surface area contributed by atoms with Crippen molar-refractivity contribution in [2.75, 3.05) is 20.0 Å². The van der Waals surface area contributed by atoms with Gasteiger partial charge in [-0.3, -0.25) is 14.4 Å². The molecule has 39 heavy (non-hydrogen) atoms. The first kappa shape index (κ1) is 28.2. The summed E-state index contributed by atoms with van der Waals surface area (Å²) < 4.78 is 15.0. The normalized spacial score (nSPS) is 14.0. The minimum atomic E-state index is -1.17. The maximum Gasteiger partial charge on any atom is 0.270 e. The molecule has 1 saturated carbocycles. The van der Waals surface area contributed by atoms with Gasteiger partial charge >= 0.3 is 0 Å². The fraction of sp³-hybridized carbons (Fsp3) is 0.333. The van der Waals surface area contributed by atoms with Crippen molar-refractivity contribution in [3.8, 4) is 11.5 Å². The molecular weight excluding hydrogens is 542 g/mol. The molecule has 0 saturated heterocycles. The van der Waals surface area contributed by atoms with Gasteiger partial charge in [0.15, 0.2) is 5.69 Å². The number of nitrogen functional groups attached to an aromatic ring is 1. The standard InChI is InChI=1S/C27H30ClN5O5S/c1-37-17-11-12-20(38-2)18(13-17)23(26(35)31-16-8-4-5-9-16)33(14-15-7-3-6-10-19(15)28)27(36)24-21(29)22(25(30)34)32-39-24/h3,6-7,10-13,16,23H,4-5,8-9,14,29H2,1-2H3,(H2,30,34)(H,31,35)/t23-/m1/s1. The van der Waals surface area contributed by atoms with Crippen molar-refractivity contribution in [3.05, 3.63) is 69.2 Å². The number of hydrogen-bond acceptors (Lipinski definition) is 8. The summed E-state index contributed by atoms with van der Waals surface area (Å²) in [7, 11) is 2.99. The number of amides is 3. The third kappa shape index (κ3) is 6.10. The van der Waals surface area contributed by atoms with Gasteiger partial charge in [0.1, 0.15) is 22.4 Å². The molecule has 5 N–H and O–H groups in total. The molecule has 0 spiro atoms. The van der Waals surface area contributed by atoms with Gasteiger partial charge in [-0.15, -0.1) is 0 Å². The van der Waals surface area contributed by atoms with Crippen molar-refractivity contribution in [3.63, 3.8) is 0 Å². The Hall–Kier alpha value is -3.83. The van der Waals surface area contributed by atoms with E-state index in [0.29, 0.717) is 27.6 Å². The van der Waals surface area contributed by atoms with Crippen LogP contribution < -0.4 is 26.3 Å². The number of carbonyl (C=O) groups is 3. The van der Waals surface area contributed by atoms with E-state index < -0.39 is 23.8 Å². The van der Waals surface area contributed by atoms with Gasteiger partial charge in [-0.25, -0.2) is 0 Å². The van der Waals surface area contributed by atoms with E-state index in [1.54, 1.807) is 42.5 Å². The molecule has 1 heterocycles. The molecule has 206 valence electrons. The SMILES string of the molecule is COc1ccc(OC)c([C@H](C(=O)NC2CCCC2)N(Cc2ccccc2Cl)C(=O)c2snc(C(N)=O)c2N)c1. The van der Waals surface area contributed by atoms with Crippen molar-refractivity contribution in [1.82, 2.24) is 14.6 Å². The number of primary amides is 1. The van der Waals surface area contributed by atoms with E-state index in [2.05, 4.69) is 9.69 Å². The Kier molecular flexibility index (Phi) is 8.93. The minimum Gasteiger partial charge on any atom is -0.497 e. The van der Waals surface area contributed by atoms with Gasteiger partial charge in [0.05, 0.1) is 19.9 Å².